The zero-order valence-corrected chi connectivity index (χ0v) is 13.9. The number of hydrogen-bond donors (Lipinski definition) is 1. The Morgan fingerprint density at radius 3 is 2.96 bits per heavy atom. The molecular formula is C15H14N4O2S2. The number of carbonyl (C=O) groups excluding carboxylic acids is 1. The highest BCUT2D eigenvalue weighted by atomic mass is 32.2. The van der Waals surface area contributed by atoms with Crippen molar-refractivity contribution in [2.75, 3.05) is 13.0 Å². The summed E-state index contributed by atoms with van der Waals surface area (Å²) in [6.45, 7) is 0. The maximum Gasteiger partial charge on any atom is 0.337 e. The van der Waals surface area contributed by atoms with E-state index in [9.17, 15) is 4.79 Å². The molecule has 23 heavy (non-hydrogen) atoms. The van der Waals surface area contributed by atoms with Gasteiger partial charge in [0, 0.05) is 5.75 Å². The molecule has 3 aromatic rings. The summed E-state index contributed by atoms with van der Waals surface area (Å²) in [4.78, 5) is 12.5. The lowest BCUT2D eigenvalue weighted by molar-refractivity contribution is 0.0600. The summed E-state index contributed by atoms with van der Waals surface area (Å²) in [6, 6.07) is 11.2. The van der Waals surface area contributed by atoms with E-state index < -0.39 is 0 Å². The van der Waals surface area contributed by atoms with Crippen LogP contribution in [0.2, 0.25) is 0 Å². The Hall–Kier alpha value is -2.32. The number of nitrogens with zero attached hydrogens (tertiary/aromatic N) is 3. The second kappa shape index (κ2) is 6.84. The molecule has 0 saturated carbocycles. The maximum atomic E-state index is 11.6. The van der Waals surface area contributed by atoms with Crippen molar-refractivity contribution < 1.29 is 9.53 Å². The Labute approximate surface area is 141 Å². The molecule has 2 N–H and O–H groups in total. The molecule has 0 atom stereocenters. The van der Waals surface area contributed by atoms with Gasteiger partial charge in [-0.3, -0.25) is 0 Å². The lowest BCUT2D eigenvalue weighted by Crippen LogP contribution is -2.11. The summed E-state index contributed by atoms with van der Waals surface area (Å²) < 4.78 is 6.21. The van der Waals surface area contributed by atoms with Crippen molar-refractivity contribution in [2.24, 2.45) is 0 Å². The van der Waals surface area contributed by atoms with Gasteiger partial charge in [0.25, 0.3) is 0 Å². The van der Waals surface area contributed by atoms with Gasteiger partial charge in [0.05, 0.1) is 17.6 Å². The van der Waals surface area contributed by atoms with Crippen molar-refractivity contribution in [3.63, 3.8) is 0 Å². The molecule has 3 rings (SSSR count). The first-order chi connectivity index (χ1) is 11.2. The first-order valence-corrected chi connectivity index (χ1v) is 8.60. The monoisotopic (exact) mass is 346 g/mol. The van der Waals surface area contributed by atoms with Gasteiger partial charge in [0.1, 0.15) is 0 Å². The SMILES string of the molecule is COC(=O)c1cccc(CSc2nnc(-c3cccs3)n2N)c1. The zero-order chi connectivity index (χ0) is 16.2. The van der Waals surface area contributed by atoms with Gasteiger partial charge in [-0.15, -0.1) is 21.5 Å². The highest BCUT2D eigenvalue weighted by molar-refractivity contribution is 7.98. The quantitative estimate of drug-likeness (QED) is 0.434. The number of benzene rings is 1. The number of carbonyl (C=O) groups is 1. The molecule has 0 bridgehead atoms. The molecule has 2 heterocycles. The fraction of sp³-hybridized carbons (Fsp3) is 0.133. The Balaban J connectivity index is 1.73. The van der Waals surface area contributed by atoms with E-state index in [4.69, 9.17) is 10.6 Å². The summed E-state index contributed by atoms with van der Waals surface area (Å²) >= 11 is 3.02. The predicted octanol–water partition coefficient (Wildman–Crippen LogP) is 2.80. The fourth-order valence-corrected chi connectivity index (χ4v) is 3.51. The predicted molar refractivity (Wildman–Crippen MR) is 90.8 cm³/mol. The van der Waals surface area contributed by atoms with Crippen molar-refractivity contribution >= 4 is 29.1 Å². The van der Waals surface area contributed by atoms with Crippen molar-refractivity contribution in [1.29, 1.82) is 0 Å². The molecule has 0 spiro atoms. The van der Waals surface area contributed by atoms with Gasteiger partial charge in [-0.1, -0.05) is 30.0 Å². The normalized spacial score (nSPS) is 10.7. The molecule has 0 amide bonds. The molecule has 0 saturated heterocycles. The largest absolute Gasteiger partial charge is 0.465 e. The van der Waals surface area contributed by atoms with Crippen LogP contribution in [0.4, 0.5) is 0 Å². The van der Waals surface area contributed by atoms with Gasteiger partial charge in [0.15, 0.2) is 5.82 Å². The van der Waals surface area contributed by atoms with Gasteiger partial charge in [0.2, 0.25) is 5.16 Å². The van der Waals surface area contributed by atoms with Crippen molar-refractivity contribution in [2.45, 2.75) is 10.9 Å². The van der Waals surface area contributed by atoms with Crippen LogP contribution < -0.4 is 5.84 Å². The molecule has 6 nitrogen and oxygen atoms in total. The van der Waals surface area contributed by atoms with Crippen LogP contribution in [0.3, 0.4) is 0 Å². The van der Waals surface area contributed by atoms with Crippen molar-refractivity contribution in [1.82, 2.24) is 14.9 Å². The number of esters is 1. The Bertz CT molecular complexity index is 815. The van der Waals surface area contributed by atoms with Crippen LogP contribution in [0.25, 0.3) is 10.7 Å². The van der Waals surface area contributed by atoms with Gasteiger partial charge in [-0.25, -0.2) is 9.47 Å². The molecule has 0 aliphatic heterocycles. The van der Waals surface area contributed by atoms with E-state index in [-0.39, 0.29) is 5.97 Å². The molecule has 0 unspecified atom stereocenters. The highest BCUT2D eigenvalue weighted by Crippen LogP contribution is 2.27. The number of nitrogens with two attached hydrogens (primary N) is 1. The van der Waals surface area contributed by atoms with Gasteiger partial charge in [-0.05, 0) is 29.1 Å². The number of ether oxygens (including phenoxy) is 1. The highest BCUT2D eigenvalue weighted by Gasteiger charge is 2.13. The standard InChI is InChI=1S/C15H14N4O2S2/c1-21-14(20)11-5-2-4-10(8-11)9-23-15-18-17-13(19(15)16)12-6-3-7-22-12/h2-8H,9,16H2,1H3. The third kappa shape index (κ3) is 3.38. The van der Waals surface area contributed by atoms with E-state index in [0.29, 0.717) is 22.3 Å². The molecule has 0 fully saturated rings. The van der Waals surface area contributed by atoms with Crippen LogP contribution in [0.1, 0.15) is 15.9 Å². The average Bonchev–Trinajstić information content (AvgIpc) is 3.22. The molecule has 0 aliphatic carbocycles. The average molecular weight is 346 g/mol. The molecule has 118 valence electrons. The summed E-state index contributed by atoms with van der Waals surface area (Å²) in [5, 5.41) is 10.8. The number of nitrogen functional groups attached to an aromatic ring is 1. The second-order valence-electron chi connectivity index (χ2n) is 4.63. The number of aromatic nitrogens is 3. The summed E-state index contributed by atoms with van der Waals surface area (Å²) in [6.07, 6.45) is 0. The van der Waals surface area contributed by atoms with Crippen LogP contribution in [0.5, 0.6) is 0 Å². The molecule has 8 heteroatoms. The van der Waals surface area contributed by atoms with E-state index >= 15 is 0 Å². The summed E-state index contributed by atoms with van der Waals surface area (Å²) in [5.41, 5.74) is 1.51. The van der Waals surface area contributed by atoms with Crippen molar-refractivity contribution in [3.05, 3.63) is 52.9 Å². The molecule has 1 aromatic carbocycles. The third-order valence-electron chi connectivity index (χ3n) is 3.12. The Morgan fingerprint density at radius 1 is 1.35 bits per heavy atom. The summed E-state index contributed by atoms with van der Waals surface area (Å²) in [7, 11) is 1.37. The minimum absolute atomic E-state index is 0.348. The lowest BCUT2D eigenvalue weighted by Gasteiger charge is -2.04. The Kier molecular flexibility index (Phi) is 4.63. The second-order valence-corrected chi connectivity index (χ2v) is 6.52. The smallest absolute Gasteiger partial charge is 0.337 e. The zero-order valence-electron chi connectivity index (χ0n) is 12.3. The van der Waals surface area contributed by atoms with E-state index in [2.05, 4.69) is 10.2 Å². The topological polar surface area (TPSA) is 83.0 Å². The summed E-state index contributed by atoms with van der Waals surface area (Å²) in [5.74, 6) is 6.99. The van der Waals surface area contributed by atoms with Crippen LogP contribution in [-0.2, 0) is 10.5 Å². The van der Waals surface area contributed by atoms with E-state index in [1.807, 2.05) is 29.6 Å². The minimum atomic E-state index is -0.348. The molecule has 0 radical (unpaired) electrons. The van der Waals surface area contributed by atoms with Gasteiger partial charge < -0.3 is 10.6 Å². The first kappa shape index (κ1) is 15.6. The van der Waals surface area contributed by atoms with Crippen LogP contribution >= 0.6 is 23.1 Å². The van der Waals surface area contributed by atoms with Crippen LogP contribution in [0, 0.1) is 0 Å². The number of thioether (sulfide) groups is 1. The van der Waals surface area contributed by atoms with Crippen LogP contribution in [-0.4, -0.2) is 28.0 Å². The molecule has 0 aliphatic rings. The maximum absolute atomic E-state index is 11.6. The third-order valence-corrected chi connectivity index (χ3v) is 5.00. The van der Waals surface area contributed by atoms with Crippen molar-refractivity contribution in [3.8, 4) is 10.7 Å². The number of hydrogen-bond acceptors (Lipinski definition) is 7. The fourth-order valence-electron chi connectivity index (χ4n) is 2.00. The van der Waals surface area contributed by atoms with E-state index in [1.165, 1.54) is 23.5 Å². The number of methoxy groups -OCH3 is 1. The number of thiophene rings is 1. The lowest BCUT2D eigenvalue weighted by atomic mass is 10.1. The van der Waals surface area contributed by atoms with Gasteiger partial charge >= 0.3 is 5.97 Å². The molecule has 2 aromatic heterocycles. The first-order valence-electron chi connectivity index (χ1n) is 6.73. The molecular weight excluding hydrogens is 332 g/mol. The Morgan fingerprint density at radius 2 is 2.22 bits per heavy atom. The van der Waals surface area contributed by atoms with E-state index in [1.54, 1.807) is 23.5 Å². The van der Waals surface area contributed by atoms with Crippen LogP contribution in [0.15, 0.2) is 46.9 Å². The van der Waals surface area contributed by atoms with E-state index in [0.717, 1.165) is 10.4 Å². The minimum Gasteiger partial charge on any atom is -0.465 e. The van der Waals surface area contributed by atoms with Gasteiger partial charge in [-0.2, -0.15) is 0 Å². The number of rotatable bonds is 5.